The van der Waals surface area contributed by atoms with Crippen LogP contribution in [0.4, 0.5) is 0 Å². The molecular formula is C10H17BrO2. The lowest BCUT2D eigenvalue weighted by Crippen LogP contribution is -1.98. The Bertz CT molecular complexity index is 155. The Morgan fingerprint density at radius 2 is 2.00 bits per heavy atom. The van der Waals surface area contributed by atoms with E-state index in [1.54, 1.807) is 0 Å². The van der Waals surface area contributed by atoms with Crippen LogP contribution in [0.15, 0.2) is 11.2 Å². The molecule has 0 amide bonds. The molecule has 3 heteroatoms. The van der Waals surface area contributed by atoms with Gasteiger partial charge in [-0.25, -0.2) is 0 Å². The topological polar surface area (TPSA) is 26.3 Å². The number of ether oxygens (including phenoxy) is 1. The second-order valence-corrected chi connectivity index (χ2v) is 3.44. The summed E-state index contributed by atoms with van der Waals surface area (Å²) in [5.41, 5.74) is 0. The molecule has 0 saturated carbocycles. The zero-order valence-corrected chi connectivity index (χ0v) is 9.68. The van der Waals surface area contributed by atoms with E-state index in [-0.39, 0.29) is 5.97 Å². The van der Waals surface area contributed by atoms with Gasteiger partial charge in [0.2, 0.25) is 0 Å². The van der Waals surface area contributed by atoms with Crippen LogP contribution >= 0.6 is 15.9 Å². The number of unbranched alkanes of at least 4 members (excludes halogenated alkanes) is 4. The van der Waals surface area contributed by atoms with E-state index in [9.17, 15) is 4.79 Å². The zero-order valence-electron chi connectivity index (χ0n) is 8.09. The molecule has 0 aliphatic heterocycles. The van der Waals surface area contributed by atoms with Gasteiger partial charge in [-0.15, -0.1) is 0 Å². The van der Waals surface area contributed by atoms with Gasteiger partial charge in [-0.3, -0.25) is 4.79 Å². The molecule has 76 valence electrons. The molecule has 0 aliphatic rings. The van der Waals surface area contributed by atoms with Crippen LogP contribution in [0.2, 0.25) is 0 Å². The average molecular weight is 249 g/mol. The summed E-state index contributed by atoms with van der Waals surface area (Å²) in [4.78, 5) is 12.5. The zero-order chi connectivity index (χ0) is 9.94. The molecule has 0 fully saturated rings. The van der Waals surface area contributed by atoms with Gasteiger partial charge in [0.25, 0.3) is 0 Å². The number of hydrogen-bond donors (Lipinski definition) is 0. The van der Waals surface area contributed by atoms with Crippen molar-refractivity contribution in [1.29, 1.82) is 0 Å². The summed E-state index contributed by atoms with van der Waals surface area (Å²) in [7, 11) is 0. The molecule has 0 rings (SSSR count). The van der Waals surface area contributed by atoms with Gasteiger partial charge in [0.1, 0.15) is 6.26 Å². The Morgan fingerprint density at radius 1 is 1.31 bits per heavy atom. The minimum Gasteiger partial charge on any atom is -0.434 e. The molecule has 2 nitrogen and oxygen atoms in total. The van der Waals surface area contributed by atoms with Crippen LogP contribution in [0.25, 0.3) is 0 Å². The number of carbonyl (C=O) groups is 1. The molecule has 0 radical (unpaired) electrons. The third-order valence-electron chi connectivity index (χ3n) is 1.74. The Labute approximate surface area is 88.5 Å². The maximum Gasteiger partial charge on any atom is 0.310 e. The minimum absolute atomic E-state index is 0.146. The number of halogens is 1. The van der Waals surface area contributed by atoms with E-state index in [1.165, 1.54) is 30.5 Å². The minimum atomic E-state index is -0.146. The highest BCUT2D eigenvalue weighted by Crippen LogP contribution is 2.05. The van der Waals surface area contributed by atoms with Crippen LogP contribution < -0.4 is 0 Å². The van der Waals surface area contributed by atoms with Crippen molar-refractivity contribution in [3.8, 4) is 0 Å². The highest BCUT2D eigenvalue weighted by atomic mass is 79.9. The summed E-state index contributed by atoms with van der Waals surface area (Å²) in [5, 5.41) is 0. The van der Waals surface area contributed by atoms with Crippen molar-refractivity contribution in [2.75, 3.05) is 0 Å². The first-order valence-electron chi connectivity index (χ1n) is 4.76. The lowest BCUT2D eigenvalue weighted by atomic mass is 10.1. The van der Waals surface area contributed by atoms with Gasteiger partial charge >= 0.3 is 5.97 Å². The largest absolute Gasteiger partial charge is 0.434 e. The van der Waals surface area contributed by atoms with Crippen molar-refractivity contribution in [2.24, 2.45) is 0 Å². The van der Waals surface area contributed by atoms with E-state index in [4.69, 9.17) is 4.74 Å². The van der Waals surface area contributed by atoms with Gasteiger partial charge < -0.3 is 4.74 Å². The van der Waals surface area contributed by atoms with Crippen molar-refractivity contribution in [3.05, 3.63) is 11.2 Å². The Hall–Kier alpha value is -0.310. The summed E-state index contributed by atoms with van der Waals surface area (Å²) >= 11 is 3.02. The molecule has 0 N–H and O–H groups in total. The normalized spacial score (nSPS) is 10.6. The lowest BCUT2D eigenvalue weighted by molar-refractivity contribution is -0.138. The Balaban J connectivity index is 3.17. The molecule has 0 atom stereocenters. The summed E-state index contributed by atoms with van der Waals surface area (Å²) in [6, 6.07) is 0. The predicted molar refractivity (Wildman–Crippen MR) is 57.5 cm³/mol. The quantitative estimate of drug-likeness (QED) is 0.390. The summed E-state index contributed by atoms with van der Waals surface area (Å²) < 4.78 is 4.73. The molecule has 0 unspecified atom stereocenters. The van der Waals surface area contributed by atoms with E-state index in [0.29, 0.717) is 6.42 Å². The third kappa shape index (κ3) is 9.61. The fraction of sp³-hybridized carbons (Fsp3) is 0.700. The first-order valence-corrected chi connectivity index (χ1v) is 5.67. The summed E-state index contributed by atoms with van der Waals surface area (Å²) in [6.45, 7) is 2.18. The number of esters is 1. The van der Waals surface area contributed by atoms with Crippen molar-refractivity contribution < 1.29 is 9.53 Å². The fourth-order valence-corrected chi connectivity index (χ4v) is 1.14. The second-order valence-electron chi connectivity index (χ2n) is 2.92. The monoisotopic (exact) mass is 248 g/mol. The van der Waals surface area contributed by atoms with Crippen LogP contribution in [-0.2, 0) is 9.53 Å². The molecule has 0 saturated heterocycles. The van der Waals surface area contributed by atoms with Gasteiger partial charge in [0, 0.05) is 11.4 Å². The standard InChI is InChI=1S/C10H17BrO2/c1-2-3-4-5-6-7-10(12)13-9-8-11/h8-9H,2-7H2,1H3/b9-8-. The van der Waals surface area contributed by atoms with Crippen molar-refractivity contribution >= 4 is 21.9 Å². The van der Waals surface area contributed by atoms with Crippen LogP contribution in [0.3, 0.4) is 0 Å². The third-order valence-corrected chi connectivity index (χ3v) is 1.95. The fourth-order valence-electron chi connectivity index (χ4n) is 1.03. The molecule has 0 aromatic rings. The molecule has 0 aromatic heterocycles. The maximum atomic E-state index is 10.9. The lowest BCUT2D eigenvalue weighted by Gasteiger charge is -1.99. The second kappa shape index (κ2) is 9.78. The number of carbonyl (C=O) groups excluding carboxylic acids is 1. The van der Waals surface area contributed by atoms with Crippen molar-refractivity contribution in [1.82, 2.24) is 0 Å². The van der Waals surface area contributed by atoms with Crippen LogP contribution in [0, 0.1) is 0 Å². The molecule has 0 aliphatic carbocycles. The number of hydrogen-bond acceptors (Lipinski definition) is 2. The van der Waals surface area contributed by atoms with E-state index < -0.39 is 0 Å². The smallest absolute Gasteiger partial charge is 0.310 e. The van der Waals surface area contributed by atoms with E-state index in [1.807, 2.05) is 0 Å². The van der Waals surface area contributed by atoms with Gasteiger partial charge in [-0.1, -0.05) is 48.5 Å². The van der Waals surface area contributed by atoms with Crippen molar-refractivity contribution in [2.45, 2.75) is 45.4 Å². The van der Waals surface area contributed by atoms with E-state index in [0.717, 1.165) is 12.8 Å². The molecule has 0 aromatic carbocycles. The van der Waals surface area contributed by atoms with Crippen LogP contribution in [-0.4, -0.2) is 5.97 Å². The van der Waals surface area contributed by atoms with Gasteiger partial charge in [0.05, 0.1) is 0 Å². The summed E-state index contributed by atoms with van der Waals surface area (Å²) in [6.07, 6.45) is 7.66. The van der Waals surface area contributed by atoms with Crippen molar-refractivity contribution in [3.63, 3.8) is 0 Å². The highest BCUT2D eigenvalue weighted by Gasteiger charge is 1.99. The molecule has 13 heavy (non-hydrogen) atoms. The maximum absolute atomic E-state index is 10.9. The van der Waals surface area contributed by atoms with E-state index in [2.05, 4.69) is 22.9 Å². The molecule has 0 heterocycles. The van der Waals surface area contributed by atoms with Gasteiger partial charge in [0.15, 0.2) is 0 Å². The first-order chi connectivity index (χ1) is 6.31. The molecule has 0 spiro atoms. The van der Waals surface area contributed by atoms with Crippen LogP contribution in [0.1, 0.15) is 45.4 Å². The van der Waals surface area contributed by atoms with Gasteiger partial charge in [-0.05, 0) is 6.42 Å². The average Bonchev–Trinajstić information content (AvgIpc) is 2.14. The van der Waals surface area contributed by atoms with Gasteiger partial charge in [-0.2, -0.15) is 0 Å². The Morgan fingerprint density at radius 3 is 2.62 bits per heavy atom. The van der Waals surface area contributed by atoms with E-state index >= 15 is 0 Å². The van der Waals surface area contributed by atoms with Crippen LogP contribution in [0.5, 0.6) is 0 Å². The SMILES string of the molecule is CCCCCCCC(=O)O/C=C\Br. The molecular weight excluding hydrogens is 232 g/mol. The first kappa shape index (κ1) is 12.7. The Kier molecular flexibility index (Phi) is 9.54. The molecule has 0 bridgehead atoms. The predicted octanol–water partition coefficient (Wildman–Crippen LogP) is 3.76. The summed E-state index contributed by atoms with van der Waals surface area (Å²) in [5.74, 6) is -0.146. The number of rotatable bonds is 7. The highest BCUT2D eigenvalue weighted by molar-refractivity contribution is 9.11.